The van der Waals surface area contributed by atoms with Crippen molar-refractivity contribution in [3.63, 3.8) is 0 Å². The van der Waals surface area contributed by atoms with Gasteiger partial charge in [0.25, 0.3) is 11.8 Å². The Hall–Kier alpha value is -1.63. The number of imide groups is 1. The summed E-state index contributed by atoms with van der Waals surface area (Å²) in [5, 5.41) is 9.14. The minimum Gasteiger partial charge on any atom is -0.396 e. The molecule has 0 radical (unpaired) electrons. The number of hydrogen-bond donors (Lipinski definition) is 1. The van der Waals surface area contributed by atoms with Crippen LogP contribution in [0.5, 0.6) is 0 Å². The number of carbonyl (C=O) groups excluding carboxylic acids is 2. The van der Waals surface area contributed by atoms with Crippen LogP contribution in [0.2, 0.25) is 0 Å². The van der Waals surface area contributed by atoms with E-state index >= 15 is 0 Å². The van der Waals surface area contributed by atoms with Gasteiger partial charge in [-0.1, -0.05) is 18.2 Å². The molecule has 5 nitrogen and oxygen atoms in total. The maximum absolute atomic E-state index is 12.9. The van der Waals surface area contributed by atoms with E-state index in [9.17, 15) is 9.59 Å². The van der Waals surface area contributed by atoms with Crippen molar-refractivity contribution in [2.24, 2.45) is 0 Å². The van der Waals surface area contributed by atoms with Crippen LogP contribution in [0.1, 0.15) is 37.0 Å². The zero-order chi connectivity index (χ0) is 19.3. The van der Waals surface area contributed by atoms with Crippen LogP contribution >= 0.6 is 11.8 Å². The molecule has 0 saturated carbocycles. The van der Waals surface area contributed by atoms with Crippen molar-refractivity contribution in [2.45, 2.75) is 40.2 Å². The fourth-order valence-electron chi connectivity index (χ4n) is 2.73. The minimum atomic E-state index is -0.272. The number of carbonyl (C=O) groups is 2. The molecule has 0 aromatic heterocycles. The number of hydrogen-bond acceptors (Lipinski definition) is 5. The summed E-state index contributed by atoms with van der Waals surface area (Å²) in [6.45, 7) is 8.71. The van der Waals surface area contributed by atoms with Crippen molar-refractivity contribution in [3.05, 3.63) is 39.8 Å². The van der Waals surface area contributed by atoms with Crippen LogP contribution in [0.15, 0.2) is 23.1 Å². The standard InChI is InChI=1S/C20H27NO4S/c1-13(2)25-10-5-8-21-19(23)17(18(20(21)24)26-11-9-22)16-7-6-14(3)15(4)12-16/h6-7,12-13,22H,5,8-11H2,1-4H3. The summed E-state index contributed by atoms with van der Waals surface area (Å²) in [6.07, 6.45) is 0.730. The van der Waals surface area contributed by atoms with Gasteiger partial charge in [-0.05, 0) is 50.8 Å². The van der Waals surface area contributed by atoms with E-state index in [1.807, 2.05) is 45.9 Å². The van der Waals surface area contributed by atoms with Crippen molar-refractivity contribution in [3.8, 4) is 0 Å². The Kier molecular flexibility index (Phi) is 7.43. The zero-order valence-corrected chi connectivity index (χ0v) is 16.7. The average molecular weight is 378 g/mol. The molecule has 0 saturated heterocycles. The molecule has 1 aliphatic heterocycles. The quantitative estimate of drug-likeness (QED) is 0.529. The number of nitrogens with zero attached hydrogens (tertiary/aromatic N) is 1. The Labute approximate surface area is 159 Å². The Morgan fingerprint density at radius 1 is 1.15 bits per heavy atom. The summed E-state index contributed by atoms with van der Waals surface area (Å²) in [5.74, 6) is -0.151. The fraction of sp³-hybridized carbons (Fsp3) is 0.500. The molecule has 142 valence electrons. The maximum atomic E-state index is 12.9. The van der Waals surface area contributed by atoms with Gasteiger partial charge in [-0.15, -0.1) is 11.8 Å². The van der Waals surface area contributed by atoms with Crippen molar-refractivity contribution < 1.29 is 19.4 Å². The maximum Gasteiger partial charge on any atom is 0.267 e. The molecule has 2 rings (SSSR count). The van der Waals surface area contributed by atoms with Gasteiger partial charge in [-0.3, -0.25) is 14.5 Å². The molecule has 1 N–H and O–H groups in total. The minimum absolute atomic E-state index is 0.0436. The molecule has 0 atom stereocenters. The first kappa shape index (κ1) is 20.7. The largest absolute Gasteiger partial charge is 0.396 e. The highest BCUT2D eigenvalue weighted by atomic mass is 32.2. The van der Waals surface area contributed by atoms with Gasteiger partial charge >= 0.3 is 0 Å². The molecule has 1 aliphatic rings. The fourth-order valence-corrected chi connectivity index (χ4v) is 3.61. The normalized spacial score (nSPS) is 14.9. The molecule has 0 aliphatic carbocycles. The number of rotatable bonds is 9. The number of benzene rings is 1. The van der Waals surface area contributed by atoms with E-state index in [0.717, 1.165) is 16.7 Å². The molecule has 6 heteroatoms. The number of ether oxygens (including phenoxy) is 1. The Morgan fingerprint density at radius 3 is 2.50 bits per heavy atom. The monoisotopic (exact) mass is 377 g/mol. The smallest absolute Gasteiger partial charge is 0.267 e. The van der Waals surface area contributed by atoms with Crippen LogP contribution in [0.3, 0.4) is 0 Å². The topological polar surface area (TPSA) is 66.8 Å². The molecule has 0 spiro atoms. The number of thioether (sulfide) groups is 1. The summed E-state index contributed by atoms with van der Waals surface area (Å²) < 4.78 is 5.50. The second-order valence-corrected chi connectivity index (χ2v) is 7.72. The molecule has 2 amide bonds. The first-order valence-corrected chi connectivity index (χ1v) is 9.88. The predicted molar refractivity (Wildman–Crippen MR) is 105 cm³/mol. The molecule has 0 fully saturated rings. The first-order valence-electron chi connectivity index (χ1n) is 8.90. The number of aliphatic hydroxyl groups is 1. The van der Waals surface area contributed by atoms with E-state index in [1.54, 1.807) is 0 Å². The van der Waals surface area contributed by atoms with Gasteiger partial charge in [-0.25, -0.2) is 0 Å². The summed E-state index contributed by atoms with van der Waals surface area (Å²) in [6, 6.07) is 5.79. The van der Waals surface area contributed by atoms with Crippen LogP contribution in [0.4, 0.5) is 0 Å². The van der Waals surface area contributed by atoms with Crippen molar-refractivity contribution in [1.82, 2.24) is 4.90 Å². The van der Waals surface area contributed by atoms with E-state index in [1.165, 1.54) is 16.7 Å². The van der Waals surface area contributed by atoms with E-state index in [-0.39, 0.29) is 24.5 Å². The van der Waals surface area contributed by atoms with Crippen LogP contribution in [0.25, 0.3) is 5.57 Å². The van der Waals surface area contributed by atoms with Crippen molar-refractivity contribution >= 4 is 29.1 Å². The molecule has 1 heterocycles. The van der Waals surface area contributed by atoms with Crippen molar-refractivity contribution in [2.75, 3.05) is 25.5 Å². The van der Waals surface area contributed by atoms with Gasteiger partial charge < -0.3 is 9.84 Å². The van der Waals surface area contributed by atoms with Gasteiger partial charge in [0.1, 0.15) is 0 Å². The second kappa shape index (κ2) is 9.35. The van der Waals surface area contributed by atoms with Gasteiger partial charge in [0.2, 0.25) is 0 Å². The highest BCUT2D eigenvalue weighted by Gasteiger charge is 2.38. The second-order valence-electron chi connectivity index (χ2n) is 6.61. The number of aliphatic hydroxyl groups excluding tert-OH is 1. The van der Waals surface area contributed by atoms with E-state index in [2.05, 4.69) is 0 Å². The highest BCUT2D eigenvalue weighted by molar-refractivity contribution is 8.04. The lowest BCUT2D eigenvalue weighted by Gasteiger charge is -2.16. The van der Waals surface area contributed by atoms with Crippen LogP contribution in [-0.4, -0.2) is 53.4 Å². The third-order valence-corrected chi connectivity index (χ3v) is 5.29. The van der Waals surface area contributed by atoms with Gasteiger partial charge in [0.05, 0.1) is 23.2 Å². The van der Waals surface area contributed by atoms with Gasteiger partial charge in [-0.2, -0.15) is 0 Å². The molecule has 0 bridgehead atoms. The van der Waals surface area contributed by atoms with Crippen LogP contribution < -0.4 is 0 Å². The third kappa shape index (κ3) is 4.75. The van der Waals surface area contributed by atoms with E-state index < -0.39 is 0 Å². The summed E-state index contributed by atoms with van der Waals surface area (Å²) in [4.78, 5) is 27.5. The first-order chi connectivity index (χ1) is 12.4. The van der Waals surface area contributed by atoms with Gasteiger partial charge in [0.15, 0.2) is 0 Å². The lowest BCUT2D eigenvalue weighted by atomic mass is 10.0. The predicted octanol–water partition coefficient (Wildman–Crippen LogP) is 2.92. The molecular formula is C20H27NO4S. The zero-order valence-electron chi connectivity index (χ0n) is 15.9. The molecule has 1 aromatic carbocycles. The average Bonchev–Trinajstić information content (AvgIpc) is 2.82. The van der Waals surface area contributed by atoms with Crippen LogP contribution in [0, 0.1) is 13.8 Å². The molecular weight excluding hydrogens is 350 g/mol. The lowest BCUT2D eigenvalue weighted by molar-refractivity contribution is -0.136. The SMILES string of the molecule is Cc1ccc(C2=C(SCCO)C(=O)N(CCCOC(C)C)C2=O)cc1C. The molecule has 0 unspecified atom stereocenters. The van der Waals surface area contributed by atoms with E-state index in [4.69, 9.17) is 9.84 Å². The summed E-state index contributed by atoms with van der Waals surface area (Å²) in [5.41, 5.74) is 3.41. The number of aryl methyl sites for hydroxylation is 2. The summed E-state index contributed by atoms with van der Waals surface area (Å²) >= 11 is 1.24. The Bertz CT molecular complexity index is 712. The Balaban J connectivity index is 2.25. The highest BCUT2D eigenvalue weighted by Crippen LogP contribution is 2.36. The third-order valence-electron chi connectivity index (χ3n) is 4.24. The summed E-state index contributed by atoms with van der Waals surface area (Å²) in [7, 11) is 0. The lowest BCUT2D eigenvalue weighted by Crippen LogP contribution is -2.33. The van der Waals surface area contributed by atoms with Crippen LogP contribution in [-0.2, 0) is 14.3 Å². The molecule has 26 heavy (non-hydrogen) atoms. The Morgan fingerprint density at radius 2 is 1.88 bits per heavy atom. The number of amides is 2. The van der Waals surface area contributed by atoms with Gasteiger partial charge in [0, 0.05) is 18.9 Å². The van der Waals surface area contributed by atoms with E-state index in [0.29, 0.717) is 35.8 Å². The molecule has 1 aromatic rings. The van der Waals surface area contributed by atoms with Crippen molar-refractivity contribution in [1.29, 1.82) is 0 Å².